The van der Waals surface area contributed by atoms with E-state index in [4.69, 9.17) is 0 Å². The molecule has 0 atom stereocenters. The number of nitrogens with zero attached hydrogens (tertiary/aromatic N) is 4. The Kier molecular flexibility index (Phi) is 7.64. The smallest absolute Gasteiger partial charge is 0.233 e. The number of unbranched alkanes of at least 4 members (excludes halogenated alkanes) is 1. The fourth-order valence-corrected chi connectivity index (χ4v) is 4.36. The summed E-state index contributed by atoms with van der Waals surface area (Å²) in [6.45, 7) is 4.07. The molecule has 4 aromatic rings. The largest absolute Gasteiger partial charge is 0.326 e. The molecule has 2 heterocycles. The number of nitrogens with one attached hydrogen (secondary N) is 2. The maximum Gasteiger partial charge on any atom is 0.233 e. The molecule has 0 bridgehead atoms. The van der Waals surface area contributed by atoms with Gasteiger partial charge in [-0.05, 0) is 49.4 Å². The molecule has 4 rings (SSSR count). The minimum atomic E-state index is 0.0374. The van der Waals surface area contributed by atoms with E-state index in [-0.39, 0.29) is 5.91 Å². The van der Waals surface area contributed by atoms with Gasteiger partial charge in [0.25, 0.3) is 0 Å². The number of anilines is 3. The number of benzene rings is 2. The lowest BCUT2D eigenvalue weighted by Gasteiger charge is -2.08. The van der Waals surface area contributed by atoms with Crippen LogP contribution in [0.3, 0.4) is 0 Å². The molecule has 2 aromatic carbocycles. The topological polar surface area (TPSA) is 92.7 Å². The van der Waals surface area contributed by atoms with Crippen LogP contribution in [0.1, 0.15) is 31.1 Å². The summed E-state index contributed by atoms with van der Waals surface area (Å²) in [4.78, 5) is 32.2. The maximum atomic E-state index is 12.0. The highest BCUT2D eigenvalue weighted by atomic mass is 32.2. The Bertz CT molecular complexity index is 1210. The molecular formula is C24H24N6OS2. The normalized spacial score (nSPS) is 10.7. The van der Waals surface area contributed by atoms with E-state index in [9.17, 15) is 4.79 Å². The van der Waals surface area contributed by atoms with Gasteiger partial charge in [0.05, 0.1) is 0 Å². The van der Waals surface area contributed by atoms with Crippen molar-refractivity contribution in [2.45, 2.75) is 43.2 Å². The fraction of sp³-hybridized carbons (Fsp3) is 0.208. The Balaban J connectivity index is 1.54. The van der Waals surface area contributed by atoms with Crippen molar-refractivity contribution in [2.75, 3.05) is 10.6 Å². The van der Waals surface area contributed by atoms with Crippen LogP contribution in [0.15, 0.2) is 70.8 Å². The summed E-state index contributed by atoms with van der Waals surface area (Å²) in [5.41, 5.74) is 1.69. The highest BCUT2D eigenvalue weighted by Crippen LogP contribution is 2.29. The van der Waals surface area contributed by atoms with Crippen LogP contribution in [-0.2, 0) is 4.79 Å². The first kappa shape index (κ1) is 22.9. The average molecular weight is 477 g/mol. The van der Waals surface area contributed by atoms with E-state index in [2.05, 4.69) is 37.5 Å². The van der Waals surface area contributed by atoms with Gasteiger partial charge in [-0.3, -0.25) is 10.1 Å². The highest BCUT2D eigenvalue weighted by Gasteiger charge is 2.12. The first-order valence-corrected chi connectivity index (χ1v) is 12.3. The molecule has 1 amide bonds. The zero-order valence-electron chi connectivity index (χ0n) is 18.4. The van der Waals surface area contributed by atoms with E-state index in [1.165, 1.54) is 11.8 Å². The summed E-state index contributed by atoms with van der Waals surface area (Å²) in [5, 5.41) is 7.43. The second-order valence-corrected chi connectivity index (χ2v) is 9.59. The molecule has 2 aromatic heterocycles. The molecule has 0 saturated carbocycles. The first-order chi connectivity index (χ1) is 16.1. The molecule has 0 saturated heterocycles. The Morgan fingerprint density at radius 3 is 2.52 bits per heavy atom. The molecule has 0 aliphatic heterocycles. The number of aryl methyl sites for hydroxylation is 1. The SMILES string of the molecule is CCCCC(=O)Nc1ccc(Sc2nc(Nc3ncc(C)s3)nc(-c3ccccc3)n2)cc1. The number of hydrogen-bond donors (Lipinski definition) is 2. The number of aromatic nitrogens is 4. The standard InChI is InChI=1S/C24H24N6OS2/c1-3-4-10-20(31)26-18-11-13-19(14-12-18)33-24-28-21(17-8-6-5-7-9-17)27-22(30-24)29-23-25-15-16(2)32-23/h5-9,11-15H,3-4,10H2,1-2H3,(H,26,31)(H,25,27,28,29,30). The van der Waals surface area contributed by atoms with Crippen molar-refractivity contribution in [1.82, 2.24) is 19.9 Å². The van der Waals surface area contributed by atoms with Crippen LogP contribution in [0, 0.1) is 6.92 Å². The number of rotatable bonds is 9. The zero-order valence-corrected chi connectivity index (χ0v) is 20.0. The first-order valence-electron chi connectivity index (χ1n) is 10.7. The molecule has 168 valence electrons. The van der Waals surface area contributed by atoms with Gasteiger partial charge in [0.15, 0.2) is 16.1 Å². The minimum Gasteiger partial charge on any atom is -0.326 e. The van der Waals surface area contributed by atoms with Gasteiger partial charge in [-0.25, -0.2) is 9.97 Å². The molecular weight excluding hydrogens is 452 g/mol. The zero-order chi connectivity index (χ0) is 23.0. The third-order valence-electron chi connectivity index (χ3n) is 4.59. The molecule has 9 heteroatoms. The lowest BCUT2D eigenvalue weighted by Crippen LogP contribution is -2.10. The van der Waals surface area contributed by atoms with Crippen LogP contribution in [0.4, 0.5) is 16.8 Å². The molecule has 2 N–H and O–H groups in total. The molecule has 0 fully saturated rings. The van der Waals surface area contributed by atoms with Crippen LogP contribution in [0.25, 0.3) is 11.4 Å². The van der Waals surface area contributed by atoms with E-state index >= 15 is 0 Å². The minimum absolute atomic E-state index is 0.0374. The van der Waals surface area contributed by atoms with Gasteiger partial charge in [0.2, 0.25) is 11.9 Å². The highest BCUT2D eigenvalue weighted by molar-refractivity contribution is 7.99. The Labute approximate surface area is 201 Å². The summed E-state index contributed by atoms with van der Waals surface area (Å²) in [6, 6.07) is 17.5. The number of carbonyl (C=O) groups excluding carboxylic acids is 1. The lowest BCUT2D eigenvalue weighted by molar-refractivity contribution is -0.116. The third kappa shape index (κ3) is 6.59. The van der Waals surface area contributed by atoms with Crippen LogP contribution in [0.5, 0.6) is 0 Å². The number of amides is 1. The number of hydrogen-bond acceptors (Lipinski definition) is 8. The lowest BCUT2D eigenvalue weighted by atomic mass is 10.2. The summed E-state index contributed by atoms with van der Waals surface area (Å²) in [5.74, 6) is 1.07. The Morgan fingerprint density at radius 2 is 1.82 bits per heavy atom. The maximum absolute atomic E-state index is 12.0. The van der Waals surface area contributed by atoms with Crippen molar-refractivity contribution in [1.29, 1.82) is 0 Å². The van der Waals surface area contributed by atoms with E-state index in [1.807, 2.05) is 67.7 Å². The quantitative estimate of drug-likeness (QED) is 0.292. The summed E-state index contributed by atoms with van der Waals surface area (Å²) in [7, 11) is 0. The van der Waals surface area contributed by atoms with Crippen molar-refractivity contribution in [3.8, 4) is 11.4 Å². The Hall–Kier alpha value is -3.30. The van der Waals surface area contributed by atoms with Gasteiger partial charge in [0.1, 0.15) is 0 Å². The van der Waals surface area contributed by atoms with E-state index < -0.39 is 0 Å². The average Bonchev–Trinajstić information content (AvgIpc) is 3.23. The van der Waals surface area contributed by atoms with Gasteiger partial charge in [-0.2, -0.15) is 9.97 Å². The van der Waals surface area contributed by atoms with Crippen LogP contribution < -0.4 is 10.6 Å². The van der Waals surface area contributed by atoms with Crippen LogP contribution in [-0.4, -0.2) is 25.8 Å². The Morgan fingerprint density at radius 1 is 1.03 bits per heavy atom. The van der Waals surface area contributed by atoms with Crippen molar-refractivity contribution >= 4 is 45.8 Å². The van der Waals surface area contributed by atoms with Gasteiger partial charge >= 0.3 is 0 Å². The van der Waals surface area contributed by atoms with Gasteiger partial charge in [0, 0.05) is 33.6 Å². The van der Waals surface area contributed by atoms with E-state index in [1.54, 1.807) is 11.3 Å². The van der Waals surface area contributed by atoms with Crippen molar-refractivity contribution in [2.24, 2.45) is 0 Å². The van der Waals surface area contributed by atoms with Crippen molar-refractivity contribution in [3.05, 3.63) is 65.7 Å². The second-order valence-electron chi connectivity index (χ2n) is 7.31. The molecule has 0 aliphatic carbocycles. The summed E-state index contributed by atoms with van der Waals surface area (Å²) < 4.78 is 0. The molecule has 33 heavy (non-hydrogen) atoms. The molecule has 7 nitrogen and oxygen atoms in total. The van der Waals surface area contributed by atoms with E-state index in [0.717, 1.165) is 39.0 Å². The van der Waals surface area contributed by atoms with Crippen LogP contribution >= 0.6 is 23.1 Å². The summed E-state index contributed by atoms with van der Waals surface area (Å²) >= 11 is 2.98. The van der Waals surface area contributed by atoms with Gasteiger partial charge in [-0.1, -0.05) is 43.7 Å². The van der Waals surface area contributed by atoms with Crippen molar-refractivity contribution in [3.63, 3.8) is 0 Å². The molecule has 0 spiro atoms. The molecule has 0 aliphatic rings. The monoisotopic (exact) mass is 476 g/mol. The summed E-state index contributed by atoms with van der Waals surface area (Å²) in [6.07, 6.45) is 4.23. The van der Waals surface area contributed by atoms with Crippen molar-refractivity contribution < 1.29 is 4.79 Å². The van der Waals surface area contributed by atoms with Gasteiger partial charge < -0.3 is 5.32 Å². The third-order valence-corrected chi connectivity index (χ3v) is 6.29. The van der Waals surface area contributed by atoms with Gasteiger partial charge in [-0.15, -0.1) is 11.3 Å². The fourth-order valence-electron chi connectivity index (χ4n) is 2.96. The number of carbonyl (C=O) groups is 1. The molecule has 0 radical (unpaired) electrons. The number of thiazole rings is 1. The second kappa shape index (κ2) is 11.0. The predicted octanol–water partition coefficient (Wildman–Crippen LogP) is 6.33. The predicted molar refractivity (Wildman–Crippen MR) is 134 cm³/mol. The van der Waals surface area contributed by atoms with E-state index in [0.29, 0.717) is 23.4 Å². The van der Waals surface area contributed by atoms with Crippen LogP contribution in [0.2, 0.25) is 0 Å². The molecule has 0 unspecified atom stereocenters.